The molecule has 4 nitrogen and oxygen atoms in total. The lowest BCUT2D eigenvalue weighted by Crippen LogP contribution is -2.47. The van der Waals surface area contributed by atoms with Gasteiger partial charge in [0.15, 0.2) is 0 Å². The van der Waals surface area contributed by atoms with E-state index in [1.165, 1.54) is 11.8 Å². The van der Waals surface area contributed by atoms with Crippen molar-refractivity contribution in [3.8, 4) is 0 Å². The number of carbonyl (C=O) groups is 1. The minimum atomic E-state index is 0.0123. The molecule has 0 bridgehead atoms. The van der Waals surface area contributed by atoms with Crippen molar-refractivity contribution in [1.82, 2.24) is 14.8 Å². The summed E-state index contributed by atoms with van der Waals surface area (Å²) in [5.74, 6) is 0.0123. The molecule has 106 valence electrons. The second-order valence-electron chi connectivity index (χ2n) is 4.78. The van der Waals surface area contributed by atoms with Gasteiger partial charge in [0.1, 0.15) is 0 Å². The van der Waals surface area contributed by atoms with E-state index < -0.39 is 0 Å². The molecule has 2 rings (SSSR count). The van der Waals surface area contributed by atoms with Gasteiger partial charge in [0, 0.05) is 43.5 Å². The molecule has 0 aliphatic carbocycles. The van der Waals surface area contributed by atoms with Gasteiger partial charge in [0.2, 0.25) is 0 Å². The highest BCUT2D eigenvalue weighted by Gasteiger charge is 2.21. The summed E-state index contributed by atoms with van der Waals surface area (Å²) in [5, 5.41) is 0. The van der Waals surface area contributed by atoms with E-state index >= 15 is 0 Å². The molecule has 20 heavy (non-hydrogen) atoms. The van der Waals surface area contributed by atoms with Crippen LogP contribution in [0, 0.1) is 0 Å². The summed E-state index contributed by atoms with van der Waals surface area (Å²) in [6, 6.07) is 3.76. The monoisotopic (exact) mass is 289 g/mol. The van der Waals surface area contributed by atoms with Gasteiger partial charge in [-0.15, -0.1) is 0 Å². The molecule has 1 amide bonds. The van der Waals surface area contributed by atoms with E-state index in [1.54, 1.807) is 12.4 Å². The first-order valence-electron chi connectivity index (χ1n) is 6.52. The molecule has 0 spiro atoms. The molecule has 1 aliphatic heterocycles. The molecule has 5 heteroatoms. The normalized spacial score (nSPS) is 15.9. The Morgan fingerprint density at radius 1 is 1.20 bits per heavy atom. The van der Waals surface area contributed by atoms with Crippen LogP contribution in [-0.2, 0) is 4.79 Å². The van der Waals surface area contributed by atoms with E-state index in [2.05, 4.69) is 30.1 Å². The van der Waals surface area contributed by atoms with Crippen molar-refractivity contribution in [2.75, 3.05) is 33.2 Å². The van der Waals surface area contributed by atoms with Gasteiger partial charge in [-0.3, -0.25) is 9.78 Å². The summed E-state index contributed by atoms with van der Waals surface area (Å²) in [6.45, 7) is 11.2. The zero-order chi connectivity index (χ0) is 14.5. The molecule has 0 unspecified atom stereocenters. The van der Waals surface area contributed by atoms with Gasteiger partial charge < -0.3 is 9.80 Å². The van der Waals surface area contributed by atoms with Crippen molar-refractivity contribution in [3.63, 3.8) is 0 Å². The minimum Gasteiger partial charge on any atom is -0.336 e. The molecule has 0 aromatic carbocycles. The standard InChI is InChI=1S/C15H19N3OS/c1-12(14-4-6-16-7-5-14)20-13(2)15(19)18-10-8-17(3)9-11-18/h4-7H,1-2,8-11H2,3H3. The highest BCUT2D eigenvalue weighted by atomic mass is 32.2. The molecule has 1 saturated heterocycles. The zero-order valence-corrected chi connectivity index (χ0v) is 12.5. The Balaban J connectivity index is 1.91. The quantitative estimate of drug-likeness (QED) is 0.795. The van der Waals surface area contributed by atoms with Crippen molar-refractivity contribution < 1.29 is 4.79 Å². The number of thioether (sulfide) groups is 1. The number of pyridine rings is 1. The maximum atomic E-state index is 12.3. The van der Waals surface area contributed by atoms with Crippen LogP contribution in [0.15, 0.2) is 42.6 Å². The second-order valence-corrected chi connectivity index (χ2v) is 5.97. The summed E-state index contributed by atoms with van der Waals surface area (Å²) >= 11 is 1.33. The number of carbonyl (C=O) groups excluding carboxylic acids is 1. The van der Waals surface area contributed by atoms with E-state index in [-0.39, 0.29) is 5.91 Å². The Morgan fingerprint density at radius 2 is 1.80 bits per heavy atom. The first-order valence-corrected chi connectivity index (χ1v) is 7.33. The maximum Gasteiger partial charge on any atom is 0.260 e. The largest absolute Gasteiger partial charge is 0.336 e. The van der Waals surface area contributed by atoms with Gasteiger partial charge in [-0.05, 0) is 24.7 Å². The number of hydrogen-bond acceptors (Lipinski definition) is 4. The van der Waals surface area contributed by atoms with E-state index in [1.807, 2.05) is 17.0 Å². The molecule has 0 saturated carbocycles. The Labute approximate surface area is 124 Å². The number of piperazine rings is 1. The molecule has 1 aromatic rings. The van der Waals surface area contributed by atoms with E-state index in [0.717, 1.165) is 36.6 Å². The average molecular weight is 289 g/mol. The number of rotatable bonds is 4. The van der Waals surface area contributed by atoms with Crippen LogP contribution in [0.2, 0.25) is 0 Å². The Hall–Kier alpha value is -1.59. The minimum absolute atomic E-state index is 0.0123. The molecular weight excluding hydrogens is 270 g/mol. The van der Waals surface area contributed by atoms with Gasteiger partial charge in [-0.1, -0.05) is 24.9 Å². The van der Waals surface area contributed by atoms with Crippen molar-refractivity contribution >= 4 is 22.6 Å². The number of nitrogens with zero attached hydrogens (tertiary/aromatic N) is 3. The lowest BCUT2D eigenvalue weighted by Gasteiger charge is -2.32. The average Bonchev–Trinajstić information content (AvgIpc) is 2.48. The fourth-order valence-electron chi connectivity index (χ4n) is 1.97. The molecule has 1 aromatic heterocycles. The van der Waals surface area contributed by atoms with Crippen LogP contribution in [0.25, 0.3) is 4.91 Å². The van der Waals surface area contributed by atoms with Gasteiger partial charge in [0.25, 0.3) is 5.91 Å². The first-order chi connectivity index (χ1) is 9.58. The van der Waals surface area contributed by atoms with Crippen molar-refractivity contribution in [1.29, 1.82) is 0 Å². The van der Waals surface area contributed by atoms with Crippen molar-refractivity contribution in [2.24, 2.45) is 0 Å². The number of hydrogen-bond donors (Lipinski definition) is 0. The highest BCUT2D eigenvalue weighted by Crippen LogP contribution is 2.31. The molecule has 0 radical (unpaired) electrons. The smallest absolute Gasteiger partial charge is 0.260 e. The predicted molar refractivity (Wildman–Crippen MR) is 84.1 cm³/mol. The number of amides is 1. The Bertz CT molecular complexity index is 507. The molecule has 1 fully saturated rings. The summed E-state index contributed by atoms with van der Waals surface area (Å²) in [5.41, 5.74) is 0.970. The topological polar surface area (TPSA) is 36.4 Å². The van der Waals surface area contributed by atoms with Crippen LogP contribution in [0.3, 0.4) is 0 Å². The molecule has 0 N–H and O–H groups in total. The summed E-state index contributed by atoms with van der Waals surface area (Å²) < 4.78 is 0. The van der Waals surface area contributed by atoms with E-state index in [9.17, 15) is 4.79 Å². The maximum absolute atomic E-state index is 12.3. The first kappa shape index (κ1) is 14.8. The fourth-order valence-corrected chi connectivity index (χ4v) is 2.74. The third kappa shape index (κ3) is 3.71. The van der Waals surface area contributed by atoms with Crippen LogP contribution in [0.4, 0.5) is 0 Å². The fraction of sp³-hybridized carbons (Fsp3) is 0.333. The van der Waals surface area contributed by atoms with E-state index in [0.29, 0.717) is 4.91 Å². The van der Waals surface area contributed by atoms with E-state index in [4.69, 9.17) is 0 Å². The van der Waals surface area contributed by atoms with Gasteiger partial charge in [-0.25, -0.2) is 0 Å². The van der Waals surface area contributed by atoms with Crippen LogP contribution in [0.1, 0.15) is 5.56 Å². The lowest BCUT2D eigenvalue weighted by atomic mass is 10.3. The molecular formula is C15H19N3OS. The Kier molecular flexibility index (Phi) is 4.98. The van der Waals surface area contributed by atoms with Crippen molar-refractivity contribution in [2.45, 2.75) is 0 Å². The molecule has 0 atom stereocenters. The summed E-state index contributed by atoms with van der Waals surface area (Å²) in [6.07, 6.45) is 3.43. The molecule has 2 heterocycles. The van der Waals surface area contributed by atoms with Crippen LogP contribution in [-0.4, -0.2) is 53.9 Å². The van der Waals surface area contributed by atoms with Crippen LogP contribution < -0.4 is 0 Å². The SMILES string of the molecule is C=C(SC(=C)c1ccncc1)C(=O)N1CCN(C)CC1. The third-order valence-corrected chi connectivity index (χ3v) is 4.18. The van der Waals surface area contributed by atoms with Crippen LogP contribution >= 0.6 is 11.8 Å². The Morgan fingerprint density at radius 3 is 2.40 bits per heavy atom. The lowest BCUT2D eigenvalue weighted by molar-refractivity contribution is -0.127. The molecule has 1 aliphatic rings. The predicted octanol–water partition coefficient (Wildman–Crippen LogP) is 2.07. The van der Waals surface area contributed by atoms with Gasteiger partial charge >= 0.3 is 0 Å². The third-order valence-electron chi connectivity index (χ3n) is 3.28. The van der Waals surface area contributed by atoms with Crippen LogP contribution in [0.5, 0.6) is 0 Å². The van der Waals surface area contributed by atoms with Crippen molar-refractivity contribution in [3.05, 3.63) is 48.2 Å². The number of likely N-dealkylation sites (N-methyl/N-ethyl adjacent to an activating group) is 1. The number of aromatic nitrogens is 1. The summed E-state index contributed by atoms with van der Waals surface area (Å²) in [7, 11) is 2.07. The van der Waals surface area contributed by atoms with Gasteiger partial charge in [0.05, 0.1) is 4.91 Å². The summed E-state index contributed by atoms with van der Waals surface area (Å²) in [4.78, 5) is 21.7. The second kappa shape index (κ2) is 6.72. The van der Waals surface area contributed by atoms with Gasteiger partial charge in [-0.2, -0.15) is 0 Å². The zero-order valence-electron chi connectivity index (χ0n) is 11.7. The highest BCUT2D eigenvalue weighted by molar-refractivity contribution is 8.12.